The van der Waals surface area contributed by atoms with Crippen LogP contribution >= 0.6 is 11.3 Å². The summed E-state index contributed by atoms with van der Waals surface area (Å²) in [7, 11) is -3.76. The second kappa shape index (κ2) is 6.76. The van der Waals surface area contributed by atoms with Gasteiger partial charge < -0.3 is 0 Å². The first kappa shape index (κ1) is 18.2. The third-order valence-electron chi connectivity index (χ3n) is 4.90. The molecular formula is C19H22N4O2S2. The summed E-state index contributed by atoms with van der Waals surface area (Å²) in [5, 5.41) is 4.89. The van der Waals surface area contributed by atoms with Crippen LogP contribution in [0.4, 0.5) is 5.13 Å². The molecule has 1 aromatic carbocycles. The molecule has 0 fully saturated rings. The molecule has 1 atom stereocenters. The van der Waals surface area contributed by atoms with Crippen molar-refractivity contribution >= 4 is 26.5 Å². The highest BCUT2D eigenvalue weighted by Gasteiger charge is 2.27. The first-order valence-electron chi connectivity index (χ1n) is 8.98. The quantitative estimate of drug-likeness (QED) is 0.719. The van der Waals surface area contributed by atoms with Crippen molar-refractivity contribution in [3.63, 3.8) is 0 Å². The average molecular weight is 403 g/mol. The summed E-state index contributed by atoms with van der Waals surface area (Å²) in [6.45, 7) is 5.71. The average Bonchev–Trinajstić information content (AvgIpc) is 3.14. The lowest BCUT2D eigenvalue weighted by atomic mass is 9.93. The van der Waals surface area contributed by atoms with E-state index in [1.807, 2.05) is 30.3 Å². The maximum absolute atomic E-state index is 13.1. The van der Waals surface area contributed by atoms with Gasteiger partial charge in [0.15, 0.2) is 5.13 Å². The molecule has 0 bridgehead atoms. The first-order chi connectivity index (χ1) is 12.8. The minimum atomic E-state index is -3.76. The van der Waals surface area contributed by atoms with Gasteiger partial charge in [0.2, 0.25) is 0 Å². The number of para-hydroxylation sites is 1. The van der Waals surface area contributed by atoms with Gasteiger partial charge in [0, 0.05) is 4.88 Å². The molecule has 27 heavy (non-hydrogen) atoms. The fourth-order valence-corrected chi connectivity index (χ4v) is 6.39. The Morgan fingerprint density at radius 1 is 1.22 bits per heavy atom. The highest BCUT2D eigenvalue weighted by molar-refractivity contribution is 7.93. The molecule has 0 spiro atoms. The third-order valence-corrected chi connectivity index (χ3v) is 7.66. The van der Waals surface area contributed by atoms with Crippen molar-refractivity contribution in [3.05, 3.63) is 52.3 Å². The van der Waals surface area contributed by atoms with E-state index in [9.17, 15) is 8.42 Å². The van der Waals surface area contributed by atoms with Crippen LogP contribution in [0.2, 0.25) is 0 Å². The van der Waals surface area contributed by atoms with Gasteiger partial charge in [0.05, 0.1) is 22.8 Å². The summed E-state index contributed by atoms with van der Waals surface area (Å²) < 4.78 is 30.5. The van der Waals surface area contributed by atoms with Gasteiger partial charge in [-0.1, -0.05) is 25.1 Å². The molecule has 0 amide bonds. The number of hydrogen-bond donors (Lipinski definition) is 1. The summed E-state index contributed by atoms with van der Waals surface area (Å²) in [5.41, 5.74) is 2.92. The topological polar surface area (TPSA) is 76.9 Å². The largest absolute Gasteiger partial charge is 0.267 e. The van der Waals surface area contributed by atoms with E-state index in [2.05, 4.69) is 21.7 Å². The van der Waals surface area contributed by atoms with Crippen LogP contribution in [0.15, 0.2) is 35.2 Å². The Hall–Kier alpha value is -2.19. The number of nitrogens with zero attached hydrogens (tertiary/aromatic N) is 3. The fourth-order valence-electron chi connectivity index (χ4n) is 3.59. The molecule has 6 nitrogen and oxygen atoms in total. The molecule has 0 aliphatic heterocycles. The number of aryl methyl sites for hydroxylation is 2. The molecule has 3 aromatic rings. The van der Waals surface area contributed by atoms with E-state index in [4.69, 9.17) is 0 Å². The van der Waals surface area contributed by atoms with E-state index in [1.54, 1.807) is 18.5 Å². The van der Waals surface area contributed by atoms with Crippen LogP contribution in [-0.4, -0.2) is 23.2 Å². The van der Waals surface area contributed by atoms with Gasteiger partial charge in [-0.25, -0.2) is 18.1 Å². The summed E-state index contributed by atoms with van der Waals surface area (Å²) in [5.74, 6) is 0.621. The van der Waals surface area contributed by atoms with Crippen LogP contribution in [0.25, 0.3) is 5.69 Å². The van der Waals surface area contributed by atoms with Gasteiger partial charge in [-0.15, -0.1) is 11.3 Å². The third kappa shape index (κ3) is 3.39. The van der Waals surface area contributed by atoms with Gasteiger partial charge in [-0.05, 0) is 51.2 Å². The highest BCUT2D eigenvalue weighted by atomic mass is 32.2. The van der Waals surface area contributed by atoms with E-state index in [0.29, 0.717) is 22.4 Å². The molecule has 0 radical (unpaired) electrons. The lowest BCUT2D eigenvalue weighted by molar-refractivity contribution is 0.502. The Bertz CT molecular complexity index is 1080. The van der Waals surface area contributed by atoms with Crippen LogP contribution < -0.4 is 4.72 Å². The number of nitrogens with one attached hydrogen (secondary N) is 1. The Balaban J connectivity index is 1.68. The minimum Gasteiger partial charge on any atom is -0.255 e. The van der Waals surface area contributed by atoms with E-state index in [-0.39, 0.29) is 4.90 Å². The molecule has 0 saturated heterocycles. The lowest BCUT2D eigenvalue weighted by Gasteiger charge is -2.15. The van der Waals surface area contributed by atoms with Gasteiger partial charge in [0.1, 0.15) is 4.90 Å². The molecule has 142 valence electrons. The zero-order valence-corrected chi connectivity index (χ0v) is 17.2. The SMILES string of the molecule is Cc1nn(-c2ccccc2)c(C)c1S(=O)(=O)Nc1nc2c(s1)C[C@@H](C)CC2. The Labute approximate surface area is 163 Å². The van der Waals surface area contributed by atoms with Gasteiger partial charge >= 0.3 is 0 Å². The Morgan fingerprint density at radius 2 is 1.96 bits per heavy atom. The Kier molecular flexibility index (Phi) is 4.55. The van der Waals surface area contributed by atoms with Crippen molar-refractivity contribution < 1.29 is 8.42 Å². The second-order valence-corrected chi connectivity index (χ2v) is 9.79. The summed E-state index contributed by atoms with van der Waals surface area (Å²) >= 11 is 1.45. The van der Waals surface area contributed by atoms with Crippen molar-refractivity contribution in [2.75, 3.05) is 4.72 Å². The number of fused-ring (bicyclic) bond motifs is 1. The predicted octanol–water partition coefficient (Wildman–Crippen LogP) is 3.87. The van der Waals surface area contributed by atoms with Crippen molar-refractivity contribution in [2.24, 2.45) is 5.92 Å². The highest BCUT2D eigenvalue weighted by Crippen LogP contribution is 2.33. The molecule has 2 aromatic heterocycles. The van der Waals surface area contributed by atoms with Gasteiger partial charge in [0.25, 0.3) is 10.0 Å². The maximum Gasteiger partial charge on any atom is 0.267 e. The van der Waals surface area contributed by atoms with E-state index in [0.717, 1.165) is 30.6 Å². The second-order valence-electron chi connectivity index (χ2n) is 7.09. The standard InChI is InChI=1S/C19H22N4O2S2/c1-12-9-10-16-17(11-12)26-19(20-16)22-27(24,25)18-13(2)21-23(14(18)3)15-7-5-4-6-8-15/h4-8,12H,9-11H2,1-3H3,(H,20,22)/t12-/m0/s1. The van der Waals surface area contributed by atoms with Crippen molar-refractivity contribution in [1.82, 2.24) is 14.8 Å². The molecule has 4 rings (SSSR count). The zero-order valence-electron chi connectivity index (χ0n) is 15.6. The first-order valence-corrected chi connectivity index (χ1v) is 11.3. The van der Waals surface area contributed by atoms with Crippen molar-refractivity contribution in [3.8, 4) is 5.69 Å². The lowest BCUT2D eigenvalue weighted by Crippen LogP contribution is -2.15. The predicted molar refractivity (Wildman–Crippen MR) is 107 cm³/mol. The smallest absolute Gasteiger partial charge is 0.255 e. The molecule has 1 aliphatic rings. The number of rotatable bonds is 4. The molecular weight excluding hydrogens is 380 g/mol. The van der Waals surface area contributed by atoms with E-state index >= 15 is 0 Å². The van der Waals surface area contributed by atoms with E-state index < -0.39 is 10.0 Å². The maximum atomic E-state index is 13.1. The number of sulfonamides is 1. The number of thiazole rings is 1. The van der Waals surface area contributed by atoms with E-state index in [1.165, 1.54) is 16.2 Å². The molecule has 8 heteroatoms. The zero-order chi connectivity index (χ0) is 19.2. The molecule has 0 saturated carbocycles. The van der Waals surface area contributed by atoms with Crippen LogP contribution in [0.5, 0.6) is 0 Å². The fraction of sp³-hybridized carbons (Fsp3) is 0.368. The van der Waals surface area contributed by atoms with Crippen LogP contribution in [0.3, 0.4) is 0 Å². The van der Waals surface area contributed by atoms with Gasteiger partial charge in [-0.2, -0.15) is 5.10 Å². The molecule has 0 unspecified atom stereocenters. The van der Waals surface area contributed by atoms with Crippen LogP contribution in [0, 0.1) is 19.8 Å². The van der Waals surface area contributed by atoms with Gasteiger partial charge in [-0.3, -0.25) is 4.72 Å². The summed E-state index contributed by atoms with van der Waals surface area (Å²) in [6, 6.07) is 9.52. The Morgan fingerprint density at radius 3 is 2.70 bits per heavy atom. The molecule has 1 N–H and O–H groups in total. The monoisotopic (exact) mass is 402 g/mol. The normalized spacial score (nSPS) is 16.9. The van der Waals surface area contributed by atoms with Crippen molar-refractivity contribution in [2.45, 2.75) is 44.9 Å². The minimum absolute atomic E-state index is 0.216. The number of benzene rings is 1. The number of hydrogen-bond acceptors (Lipinski definition) is 5. The summed E-state index contributed by atoms with van der Waals surface area (Å²) in [4.78, 5) is 5.93. The molecule has 2 heterocycles. The number of aromatic nitrogens is 3. The summed E-state index contributed by atoms with van der Waals surface area (Å²) in [6.07, 6.45) is 2.99. The van der Waals surface area contributed by atoms with Crippen LogP contribution in [0.1, 0.15) is 35.3 Å². The van der Waals surface area contributed by atoms with Crippen molar-refractivity contribution in [1.29, 1.82) is 0 Å². The van der Waals surface area contributed by atoms with Crippen LogP contribution in [-0.2, 0) is 22.9 Å². The molecule has 1 aliphatic carbocycles. The number of anilines is 1.